The van der Waals surface area contributed by atoms with Crippen LogP contribution in [0.4, 0.5) is 20.2 Å². The van der Waals surface area contributed by atoms with Gasteiger partial charge < -0.3 is 15.8 Å². The summed E-state index contributed by atoms with van der Waals surface area (Å²) in [6, 6.07) is 9.26. The number of nitrogen functional groups attached to an aromatic ring is 1. The van der Waals surface area contributed by atoms with E-state index in [-0.39, 0.29) is 11.4 Å². The second-order valence-electron chi connectivity index (χ2n) is 4.07. The van der Waals surface area contributed by atoms with Gasteiger partial charge in [0.25, 0.3) is 0 Å². The Kier molecular flexibility index (Phi) is 3.85. The number of ether oxygens (including phenoxy) is 1. The molecule has 100 valence electrons. The lowest BCUT2D eigenvalue weighted by atomic mass is 10.2. The lowest BCUT2D eigenvalue weighted by Gasteiger charge is -2.10. The fourth-order valence-corrected chi connectivity index (χ4v) is 1.72. The first-order valence-electron chi connectivity index (χ1n) is 5.71. The predicted octanol–water partition coefficient (Wildman–Crippen LogP) is 3.17. The maximum atomic E-state index is 13.7. The number of methoxy groups -OCH3 is 1. The first-order chi connectivity index (χ1) is 9.10. The number of hydrogen-bond donors (Lipinski definition) is 2. The van der Waals surface area contributed by atoms with E-state index in [9.17, 15) is 8.78 Å². The predicted molar refractivity (Wildman–Crippen MR) is 71.1 cm³/mol. The van der Waals surface area contributed by atoms with E-state index in [1.165, 1.54) is 7.11 Å². The van der Waals surface area contributed by atoms with Crippen LogP contribution in [0.3, 0.4) is 0 Å². The Morgan fingerprint density at radius 2 is 1.95 bits per heavy atom. The summed E-state index contributed by atoms with van der Waals surface area (Å²) >= 11 is 0. The molecule has 3 N–H and O–H groups in total. The van der Waals surface area contributed by atoms with Gasteiger partial charge in [0.05, 0.1) is 12.8 Å². The number of anilines is 2. The van der Waals surface area contributed by atoms with Crippen molar-refractivity contribution in [2.75, 3.05) is 18.2 Å². The monoisotopic (exact) mass is 264 g/mol. The number of hydrogen-bond acceptors (Lipinski definition) is 3. The minimum atomic E-state index is -0.612. The molecule has 2 aromatic carbocycles. The van der Waals surface area contributed by atoms with Crippen molar-refractivity contribution >= 4 is 11.4 Å². The van der Waals surface area contributed by atoms with E-state index in [1.807, 2.05) is 6.07 Å². The second kappa shape index (κ2) is 5.56. The lowest BCUT2D eigenvalue weighted by molar-refractivity contribution is 0.383. The smallest absolute Gasteiger partial charge is 0.167 e. The average Bonchev–Trinajstić information content (AvgIpc) is 2.39. The molecule has 0 aliphatic carbocycles. The molecule has 0 heterocycles. The standard InChI is InChI=1S/C14H14F2N2O/c1-19-14-7-11(15)13(6-12(14)16)18-8-9-3-2-4-10(17)5-9/h2-7,18H,8,17H2,1H3. The molecule has 2 rings (SSSR count). The van der Waals surface area contributed by atoms with Crippen molar-refractivity contribution in [3.63, 3.8) is 0 Å². The summed E-state index contributed by atoms with van der Waals surface area (Å²) in [6.45, 7) is 0.355. The zero-order chi connectivity index (χ0) is 13.8. The normalized spacial score (nSPS) is 10.3. The molecule has 19 heavy (non-hydrogen) atoms. The van der Waals surface area contributed by atoms with Gasteiger partial charge in [0, 0.05) is 24.4 Å². The molecule has 0 atom stereocenters. The zero-order valence-electron chi connectivity index (χ0n) is 10.4. The molecule has 0 bridgehead atoms. The Bertz CT molecular complexity index is 588. The molecule has 0 unspecified atom stereocenters. The lowest BCUT2D eigenvalue weighted by Crippen LogP contribution is -2.03. The van der Waals surface area contributed by atoms with Crippen LogP contribution in [0.5, 0.6) is 5.75 Å². The van der Waals surface area contributed by atoms with Crippen molar-refractivity contribution in [3.8, 4) is 5.75 Å². The van der Waals surface area contributed by atoms with Gasteiger partial charge in [-0.1, -0.05) is 12.1 Å². The van der Waals surface area contributed by atoms with Gasteiger partial charge in [-0.05, 0) is 17.7 Å². The van der Waals surface area contributed by atoms with Gasteiger partial charge >= 0.3 is 0 Å². The van der Waals surface area contributed by atoms with Crippen LogP contribution in [0.1, 0.15) is 5.56 Å². The van der Waals surface area contributed by atoms with E-state index in [0.717, 1.165) is 17.7 Å². The van der Waals surface area contributed by atoms with Crippen molar-refractivity contribution in [2.45, 2.75) is 6.54 Å². The summed E-state index contributed by atoms with van der Waals surface area (Å²) in [4.78, 5) is 0. The molecule has 0 spiro atoms. The molecule has 5 heteroatoms. The summed E-state index contributed by atoms with van der Waals surface area (Å²) in [5, 5.41) is 2.82. The summed E-state index contributed by atoms with van der Waals surface area (Å²) < 4.78 is 31.8. The molecule has 0 radical (unpaired) electrons. The van der Waals surface area contributed by atoms with Crippen LogP contribution in [0.15, 0.2) is 36.4 Å². The van der Waals surface area contributed by atoms with Crippen molar-refractivity contribution in [1.82, 2.24) is 0 Å². The van der Waals surface area contributed by atoms with Gasteiger partial charge in [-0.15, -0.1) is 0 Å². The third kappa shape index (κ3) is 3.13. The summed E-state index contributed by atoms with van der Waals surface area (Å²) in [5.41, 5.74) is 7.24. The minimum absolute atomic E-state index is 0.0840. The first-order valence-corrected chi connectivity index (χ1v) is 5.71. The van der Waals surface area contributed by atoms with Gasteiger partial charge in [-0.25, -0.2) is 8.78 Å². The Hall–Kier alpha value is -2.30. The molecule has 2 aromatic rings. The maximum Gasteiger partial charge on any atom is 0.167 e. The van der Waals surface area contributed by atoms with Gasteiger partial charge in [-0.3, -0.25) is 0 Å². The van der Waals surface area contributed by atoms with E-state index < -0.39 is 11.6 Å². The van der Waals surface area contributed by atoms with E-state index in [2.05, 4.69) is 5.32 Å². The van der Waals surface area contributed by atoms with Crippen LogP contribution in [0.25, 0.3) is 0 Å². The van der Waals surface area contributed by atoms with Crippen LogP contribution in [0, 0.1) is 11.6 Å². The molecule has 0 saturated heterocycles. The van der Waals surface area contributed by atoms with Gasteiger partial charge in [-0.2, -0.15) is 0 Å². The molecule has 0 aromatic heterocycles. The fourth-order valence-electron chi connectivity index (χ4n) is 1.72. The van der Waals surface area contributed by atoms with E-state index in [1.54, 1.807) is 18.2 Å². The van der Waals surface area contributed by atoms with Crippen LogP contribution in [-0.2, 0) is 6.54 Å². The van der Waals surface area contributed by atoms with Crippen LogP contribution < -0.4 is 15.8 Å². The molecular weight excluding hydrogens is 250 g/mol. The van der Waals surface area contributed by atoms with Crippen LogP contribution in [-0.4, -0.2) is 7.11 Å². The molecule has 0 amide bonds. The summed E-state index contributed by atoms with van der Waals surface area (Å²) in [5.74, 6) is -1.30. The Balaban J connectivity index is 2.13. The Morgan fingerprint density at radius 1 is 1.16 bits per heavy atom. The third-order valence-electron chi connectivity index (χ3n) is 2.68. The second-order valence-corrected chi connectivity index (χ2v) is 4.07. The van der Waals surface area contributed by atoms with E-state index in [0.29, 0.717) is 12.2 Å². The number of nitrogens with two attached hydrogens (primary N) is 1. The summed E-state index contributed by atoms with van der Waals surface area (Å²) in [7, 11) is 1.29. The van der Waals surface area contributed by atoms with Gasteiger partial charge in [0.1, 0.15) is 5.82 Å². The highest BCUT2D eigenvalue weighted by Crippen LogP contribution is 2.25. The number of rotatable bonds is 4. The highest BCUT2D eigenvalue weighted by Gasteiger charge is 2.10. The van der Waals surface area contributed by atoms with Gasteiger partial charge in [0.15, 0.2) is 11.6 Å². The van der Waals surface area contributed by atoms with Crippen molar-refractivity contribution < 1.29 is 13.5 Å². The molecule has 0 saturated carbocycles. The number of halogens is 2. The van der Waals surface area contributed by atoms with Gasteiger partial charge in [0.2, 0.25) is 0 Å². The number of benzene rings is 2. The average molecular weight is 264 g/mol. The minimum Gasteiger partial charge on any atom is -0.494 e. The van der Waals surface area contributed by atoms with Crippen LogP contribution >= 0.6 is 0 Å². The SMILES string of the molecule is COc1cc(F)c(NCc2cccc(N)c2)cc1F. The van der Waals surface area contributed by atoms with E-state index >= 15 is 0 Å². The quantitative estimate of drug-likeness (QED) is 0.834. The van der Waals surface area contributed by atoms with Crippen molar-refractivity contribution in [1.29, 1.82) is 0 Å². The Morgan fingerprint density at radius 3 is 2.63 bits per heavy atom. The third-order valence-corrected chi connectivity index (χ3v) is 2.68. The molecule has 0 aliphatic heterocycles. The van der Waals surface area contributed by atoms with Crippen molar-refractivity contribution in [3.05, 3.63) is 53.6 Å². The van der Waals surface area contributed by atoms with Crippen LogP contribution in [0.2, 0.25) is 0 Å². The highest BCUT2D eigenvalue weighted by molar-refractivity contribution is 5.50. The molecular formula is C14H14F2N2O. The molecule has 3 nitrogen and oxygen atoms in total. The van der Waals surface area contributed by atoms with Crippen molar-refractivity contribution in [2.24, 2.45) is 0 Å². The summed E-state index contributed by atoms with van der Waals surface area (Å²) in [6.07, 6.45) is 0. The Labute approximate surface area is 110 Å². The first kappa shape index (κ1) is 13.1. The van der Waals surface area contributed by atoms with E-state index in [4.69, 9.17) is 10.5 Å². The highest BCUT2D eigenvalue weighted by atomic mass is 19.1. The topological polar surface area (TPSA) is 47.3 Å². The fraction of sp³-hybridized carbons (Fsp3) is 0.143. The molecule has 0 aliphatic rings. The zero-order valence-corrected chi connectivity index (χ0v) is 10.4. The number of nitrogens with one attached hydrogen (secondary N) is 1. The molecule has 0 fully saturated rings. The maximum absolute atomic E-state index is 13.7. The largest absolute Gasteiger partial charge is 0.494 e.